The average Bonchev–Trinajstić information content (AvgIpc) is 3.13. The molecule has 0 aromatic heterocycles. The Bertz CT molecular complexity index is 770. The lowest BCUT2D eigenvalue weighted by atomic mass is 9.75. The zero-order chi connectivity index (χ0) is 17.4. The van der Waals surface area contributed by atoms with Crippen molar-refractivity contribution in [1.29, 1.82) is 0 Å². The first-order valence-electron chi connectivity index (χ1n) is 9.11. The Morgan fingerprint density at radius 3 is 2.56 bits per heavy atom. The predicted octanol–water partition coefficient (Wildman–Crippen LogP) is 5.44. The highest BCUT2D eigenvalue weighted by molar-refractivity contribution is 6.42. The first-order valence-corrected chi connectivity index (χ1v) is 9.87. The molecule has 0 spiro atoms. The highest BCUT2D eigenvalue weighted by atomic mass is 35.5. The summed E-state index contributed by atoms with van der Waals surface area (Å²) in [4.78, 5) is 2.65. The number of aromatic hydroxyl groups is 1. The van der Waals surface area contributed by atoms with Crippen LogP contribution in [-0.2, 0) is 12.8 Å². The first-order chi connectivity index (χ1) is 12.1. The summed E-state index contributed by atoms with van der Waals surface area (Å²) < 4.78 is 0. The van der Waals surface area contributed by atoms with E-state index in [0.29, 0.717) is 27.8 Å². The number of aryl methyl sites for hydroxylation is 1. The van der Waals surface area contributed by atoms with Crippen molar-refractivity contribution in [1.82, 2.24) is 4.90 Å². The van der Waals surface area contributed by atoms with Gasteiger partial charge in [0.25, 0.3) is 0 Å². The second-order valence-corrected chi connectivity index (χ2v) is 8.11. The third-order valence-electron chi connectivity index (χ3n) is 5.75. The lowest BCUT2D eigenvalue weighted by molar-refractivity contribution is 0.188. The van der Waals surface area contributed by atoms with Gasteiger partial charge in [0.05, 0.1) is 10.0 Å². The largest absolute Gasteiger partial charge is 0.508 e. The van der Waals surface area contributed by atoms with Gasteiger partial charge in [-0.2, -0.15) is 0 Å². The van der Waals surface area contributed by atoms with Crippen LogP contribution in [0.4, 0.5) is 0 Å². The van der Waals surface area contributed by atoms with E-state index in [9.17, 15) is 5.11 Å². The van der Waals surface area contributed by atoms with E-state index < -0.39 is 0 Å². The number of halogens is 2. The van der Waals surface area contributed by atoms with Crippen LogP contribution < -0.4 is 0 Å². The van der Waals surface area contributed by atoms with Gasteiger partial charge in [0.15, 0.2) is 0 Å². The Labute approximate surface area is 159 Å². The van der Waals surface area contributed by atoms with E-state index in [1.54, 1.807) is 0 Å². The van der Waals surface area contributed by atoms with Crippen molar-refractivity contribution in [2.45, 2.75) is 44.1 Å². The zero-order valence-corrected chi connectivity index (χ0v) is 15.7. The monoisotopic (exact) mass is 375 g/mol. The molecule has 1 aliphatic carbocycles. The fourth-order valence-corrected chi connectivity index (χ4v) is 4.86. The molecule has 0 amide bonds. The quantitative estimate of drug-likeness (QED) is 0.772. The fraction of sp³-hybridized carbons (Fsp3) is 0.429. The van der Waals surface area contributed by atoms with E-state index in [4.69, 9.17) is 23.2 Å². The molecule has 2 aromatic carbocycles. The second kappa shape index (κ2) is 7.19. The zero-order valence-electron chi connectivity index (χ0n) is 14.2. The molecule has 2 nitrogen and oxygen atoms in total. The minimum atomic E-state index is 0.361. The number of likely N-dealkylation sites (tertiary alicyclic amines) is 1. The highest BCUT2D eigenvalue weighted by Gasteiger charge is 2.34. The van der Waals surface area contributed by atoms with E-state index >= 15 is 0 Å². The Kier molecular flexibility index (Phi) is 4.95. The molecule has 1 aliphatic heterocycles. The lowest BCUT2D eigenvalue weighted by Crippen LogP contribution is -2.41. The average molecular weight is 376 g/mol. The van der Waals surface area contributed by atoms with Gasteiger partial charge in [-0.1, -0.05) is 35.3 Å². The van der Waals surface area contributed by atoms with Gasteiger partial charge < -0.3 is 5.11 Å². The summed E-state index contributed by atoms with van der Waals surface area (Å²) >= 11 is 12.3. The Hall–Kier alpha value is -1.22. The lowest BCUT2D eigenvalue weighted by Gasteiger charge is -2.39. The molecule has 132 valence electrons. The van der Waals surface area contributed by atoms with Crippen LogP contribution >= 0.6 is 23.2 Å². The van der Waals surface area contributed by atoms with Crippen LogP contribution in [0.15, 0.2) is 36.4 Å². The summed E-state index contributed by atoms with van der Waals surface area (Å²) in [6, 6.07) is 12.4. The number of phenolic OH excluding ortho intramolecular Hbond substituents is 1. The second-order valence-electron chi connectivity index (χ2n) is 7.29. The van der Waals surface area contributed by atoms with Gasteiger partial charge in [-0.25, -0.2) is 0 Å². The summed E-state index contributed by atoms with van der Waals surface area (Å²) in [5.41, 5.74) is 3.88. The van der Waals surface area contributed by atoms with Crippen LogP contribution in [0.5, 0.6) is 5.75 Å². The summed E-state index contributed by atoms with van der Waals surface area (Å²) in [7, 11) is 0. The summed E-state index contributed by atoms with van der Waals surface area (Å²) in [6.07, 6.45) is 5.79. The van der Waals surface area contributed by atoms with Crippen LogP contribution in [0.25, 0.3) is 0 Å². The van der Waals surface area contributed by atoms with E-state index in [0.717, 1.165) is 12.8 Å². The minimum absolute atomic E-state index is 0.361. The molecule has 0 radical (unpaired) electrons. The van der Waals surface area contributed by atoms with Crippen LogP contribution in [0.3, 0.4) is 0 Å². The van der Waals surface area contributed by atoms with Crippen molar-refractivity contribution in [3.63, 3.8) is 0 Å². The van der Waals surface area contributed by atoms with E-state index in [-0.39, 0.29) is 0 Å². The number of phenols is 1. The standard InChI is InChI=1S/C21H23Cl2NO/c22-19-7-3-14(12-20(19)23)11-18-17-13-16(25)6-4-15(17)5-8-21(18)24-9-1-2-10-24/h3-4,6-7,12-13,18,21,25H,1-2,5,8-11H2. The Balaban J connectivity index is 1.70. The first kappa shape index (κ1) is 17.2. The number of fused-ring (bicyclic) bond motifs is 1. The van der Waals surface area contributed by atoms with Crippen molar-refractivity contribution in [2.75, 3.05) is 13.1 Å². The van der Waals surface area contributed by atoms with Gasteiger partial charge in [-0.05, 0) is 86.1 Å². The van der Waals surface area contributed by atoms with Crippen LogP contribution in [-0.4, -0.2) is 29.1 Å². The van der Waals surface area contributed by atoms with Crippen molar-refractivity contribution >= 4 is 23.2 Å². The predicted molar refractivity (Wildman–Crippen MR) is 104 cm³/mol. The topological polar surface area (TPSA) is 23.5 Å². The Morgan fingerprint density at radius 1 is 1.00 bits per heavy atom. The molecule has 0 bridgehead atoms. The maximum Gasteiger partial charge on any atom is 0.115 e. The molecule has 1 heterocycles. The molecule has 0 saturated carbocycles. The van der Waals surface area contributed by atoms with Gasteiger partial charge >= 0.3 is 0 Å². The molecule has 2 aromatic rings. The molecule has 1 saturated heterocycles. The molecule has 4 rings (SSSR count). The molecule has 2 unspecified atom stereocenters. The highest BCUT2D eigenvalue weighted by Crippen LogP contribution is 2.40. The van der Waals surface area contributed by atoms with E-state index in [1.165, 1.54) is 49.0 Å². The number of hydrogen-bond donors (Lipinski definition) is 1. The van der Waals surface area contributed by atoms with Gasteiger partial charge in [-0.15, -0.1) is 0 Å². The summed E-state index contributed by atoms with van der Waals surface area (Å²) in [5, 5.41) is 11.3. The van der Waals surface area contributed by atoms with Crippen molar-refractivity contribution in [3.05, 3.63) is 63.1 Å². The smallest absolute Gasteiger partial charge is 0.115 e. The number of nitrogens with zero attached hydrogens (tertiary/aromatic N) is 1. The van der Waals surface area contributed by atoms with Gasteiger partial charge in [0.1, 0.15) is 5.75 Å². The number of hydrogen-bond acceptors (Lipinski definition) is 2. The van der Waals surface area contributed by atoms with Gasteiger partial charge in [-0.3, -0.25) is 4.90 Å². The van der Waals surface area contributed by atoms with E-state index in [2.05, 4.69) is 17.0 Å². The molecular weight excluding hydrogens is 353 g/mol. The molecule has 2 atom stereocenters. The summed E-state index contributed by atoms with van der Waals surface area (Å²) in [5.74, 6) is 0.742. The van der Waals surface area contributed by atoms with Crippen LogP contribution in [0.1, 0.15) is 41.9 Å². The number of rotatable bonds is 3. The SMILES string of the molecule is Oc1ccc2c(c1)C(Cc1ccc(Cl)c(Cl)c1)C(N1CCCC1)CC2. The molecular formula is C21H23Cl2NO. The van der Waals surface area contributed by atoms with Crippen molar-refractivity contribution in [2.24, 2.45) is 0 Å². The third-order valence-corrected chi connectivity index (χ3v) is 6.49. The van der Waals surface area contributed by atoms with Crippen molar-refractivity contribution in [3.8, 4) is 5.75 Å². The van der Waals surface area contributed by atoms with Crippen molar-refractivity contribution < 1.29 is 5.11 Å². The maximum atomic E-state index is 10.1. The number of benzene rings is 2. The molecule has 2 aliphatic rings. The molecule has 1 N–H and O–H groups in total. The Morgan fingerprint density at radius 2 is 1.80 bits per heavy atom. The normalized spacial score (nSPS) is 23.6. The van der Waals surface area contributed by atoms with E-state index in [1.807, 2.05) is 24.3 Å². The van der Waals surface area contributed by atoms with Gasteiger partial charge in [0.2, 0.25) is 0 Å². The van der Waals surface area contributed by atoms with Crippen LogP contribution in [0.2, 0.25) is 10.0 Å². The van der Waals surface area contributed by atoms with Crippen LogP contribution in [0, 0.1) is 0 Å². The minimum Gasteiger partial charge on any atom is -0.508 e. The van der Waals surface area contributed by atoms with Gasteiger partial charge in [0, 0.05) is 12.0 Å². The summed E-state index contributed by atoms with van der Waals surface area (Å²) in [6.45, 7) is 2.38. The maximum absolute atomic E-state index is 10.1. The third kappa shape index (κ3) is 3.53. The molecule has 4 heteroatoms. The molecule has 1 fully saturated rings. The fourth-order valence-electron chi connectivity index (χ4n) is 4.54. The molecule has 25 heavy (non-hydrogen) atoms.